The molecule has 2 heterocycles. The topological polar surface area (TPSA) is 80.5 Å². The quantitative estimate of drug-likeness (QED) is 0.105. The summed E-state index contributed by atoms with van der Waals surface area (Å²) < 4.78 is 24.0. The molecule has 1 N–H and O–H groups in total. The Labute approximate surface area is 254 Å². The van der Waals surface area contributed by atoms with Gasteiger partial charge in [0.25, 0.3) is 0 Å². The molecule has 0 spiro atoms. The number of hydrogen-bond donors (Lipinski definition) is 1. The Kier molecular flexibility index (Phi) is 9.85. The first-order valence-corrected chi connectivity index (χ1v) is 18.0. The van der Waals surface area contributed by atoms with Crippen LogP contribution < -0.4 is 4.90 Å². The molecular weight excluding hydrogens is 559 g/mol. The molecule has 1 amide bonds. The number of carbonyl (C=O) groups is 1. The van der Waals surface area contributed by atoms with E-state index in [0.29, 0.717) is 13.0 Å². The Morgan fingerprint density at radius 1 is 0.977 bits per heavy atom. The highest BCUT2D eigenvalue weighted by molar-refractivity contribution is 6.72. The van der Waals surface area contributed by atoms with Gasteiger partial charge in [0.15, 0.2) is 0 Å². The van der Waals surface area contributed by atoms with Crippen molar-refractivity contribution in [3.8, 4) is 0 Å². The summed E-state index contributed by atoms with van der Waals surface area (Å²) in [6.07, 6.45) is 4.76. The molecule has 5 rings (SSSR count). The van der Waals surface area contributed by atoms with Crippen molar-refractivity contribution < 1.29 is 18.7 Å². The van der Waals surface area contributed by atoms with Crippen LogP contribution in [0.25, 0.3) is 0 Å². The van der Waals surface area contributed by atoms with E-state index in [1.807, 2.05) is 79.0 Å². The van der Waals surface area contributed by atoms with Crippen LogP contribution in [0.3, 0.4) is 0 Å². The van der Waals surface area contributed by atoms with Crippen molar-refractivity contribution in [1.29, 1.82) is 0 Å². The second-order valence-electron chi connectivity index (χ2n) is 12.0. The highest BCUT2D eigenvalue weighted by Crippen LogP contribution is 2.47. The molecule has 3 aromatic carbocycles. The molecule has 0 saturated carbocycles. The fraction of sp³-hybridized carbons (Fsp3) is 0.382. The lowest BCUT2D eigenvalue weighted by Crippen LogP contribution is -2.36. The Bertz CT molecular complexity index is 1450. The van der Waals surface area contributed by atoms with E-state index in [1.54, 1.807) is 22.7 Å². The summed E-state index contributed by atoms with van der Waals surface area (Å²) in [6.45, 7) is 6.23. The van der Waals surface area contributed by atoms with Crippen LogP contribution in [0.5, 0.6) is 0 Å². The van der Waals surface area contributed by atoms with Crippen molar-refractivity contribution in [2.75, 3.05) is 11.5 Å². The van der Waals surface area contributed by atoms with Crippen LogP contribution in [0.1, 0.15) is 42.5 Å². The van der Waals surface area contributed by atoms with Crippen molar-refractivity contribution in [2.45, 2.75) is 69.5 Å². The van der Waals surface area contributed by atoms with Crippen LogP contribution in [0, 0.1) is 5.92 Å². The van der Waals surface area contributed by atoms with E-state index in [-0.39, 0.29) is 36.2 Å². The Morgan fingerprint density at radius 2 is 1.63 bits per heavy atom. The molecule has 1 aromatic heterocycles. The average molecular weight is 601 g/mol. The summed E-state index contributed by atoms with van der Waals surface area (Å²) in [4.78, 5) is 13.4. The second kappa shape index (κ2) is 13.8. The minimum absolute atomic E-state index is 0.0313. The lowest BCUT2D eigenvalue weighted by atomic mass is 9.95. The van der Waals surface area contributed by atoms with Gasteiger partial charge in [-0.25, -0.2) is 0 Å². The van der Waals surface area contributed by atoms with Crippen LogP contribution in [-0.2, 0) is 22.5 Å². The predicted molar refractivity (Wildman–Crippen MR) is 170 cm³/mol. The third-order valence-corrected chi connectivity index (χ3v) is 11.2. The van der Waals surface area contributed by atoms with Crippen molar-refractivity contribution in [3.63, 3.8) is 0 Å². The van der Waals surface area contributed by atoms with Gasteiger partial charge in [0.2, 0.25) is 14.8 Å². The molecule has 226 valence electrons. The summed E-state index contributed by atoms with van der Waals surface area (Å²) in [5.41, 5.74) is 4.39. The largest absolute Gasteiger partial charge is 0.395 e. The maximum Gasteiger partial charge on any atom is 0.246 e. The number of aliphatic hydroxyl groups excluding tert-OH is 1. The van der Waals surface area contributed by atoms with Gasteiger partial charge in [0.05, 0.1) is 30.4 Å². The number of carbonyl (C=O) groups excluding carboxylic acids is 1. The molecular formula is C34H41FN4O3Si. The SMILES string of the molecule is C[C@@H]1[C@@H]([Si](C)(C)F)[C@H](CCn2cc(C(CO)c3ccccc3)nn2)O[C@@H]1CCc1ccc(N(C=O)c2ccccc2)cc1. The number of hydrogen-bond acceptors (Lipinski definition) is 5. The maximum absolute atomic E-state index is 15.7. The summed E-state index contributed by atoms with van der Waals surface area (Å²) in [6, 6.07) is 27.4. The predicted octanol–water partition coefficient (Wildman–Crippen LogP) is 6.67. The van der Waals surface area contributed by atoms with E-state index in [0.717, 1.165) is 47.4 Å². The molecule has 4 aromatic rings. The zero-order valence-electron chi connectivity index (χ0n) is 25.1. The highest BCUT2D eigenvalue weighted by atomic mass is 28.4. The van der Waals surface area contributed by atoms with Gasteiger partial charge in [-0.1, -0.05) is 72.8 Å². The van der Waals surface area contributed by atoms with Gasteiger partial charge in [-0.2, -0.15) is 0 Å². The van der Waals surface area contributed by atoms with Gasteiger partial charge in [-0.05, 0) is 73.7 Å². The first kappa shape index (κ1) is 30.8. The normalized spacial score (nSPS) is 21.0. The van der Waals surface area contributed by atoms with Crippen LogP contribution in [-0.4, -0.2) is 53.7 Å². The molecule has 0 aliphatic carbocycles. The summed E-state index contributed by atoms with van der Waals surface area (Å²) in [5, 5.41) is 18.7. The van der Waals surface area contributed by atoms with Gasteiger partial charge in [-0.15, -0.1) is 5.10 Å². The molecule has 0 radical (unpaired) electrons. The first-order valence-electron chi connectivity index (χ1n) is 15.1. The number of anilines is 2. The Morgan fingerprint density at radius 3 is 2.26 bits per heavy atom. The third-order valence-electron chi connectivity index (χ3n) is 8.71. The van der Waals surface area contributed by atoms with Gasteiger partial charge in [0.1, 0.15) is 0 Å². The van der Waals surface area contributed by atoms with Crippen LogP contribution in [0.2, 0.25) is 18.6 Å². The standard InChI is InChI=1S/C34H41FN4O3Si/c1-25-32(19-16-26-14-17-29(18-15-26)39(24-41)28-12-8-5-9-13-28)42-33(34(25)43(2,3)35)20-21-38-22-31(36-37-38)30(23-40)27-10-6-4-7-11-27/h4-15,17-18,22,24-25,30,32-34,40H,16,19-21,23H2,1-3H3/t25-,30?,32+,33-,34+/m0/s1. The number of rotatable bonds is 13. The number of nitrogens with zero attached hydrogens (tertiary/aromatic N) is 4. The molecule has 1 saturated heterocycles. The minimum atomic E-state index is -3.00. The monoisotopic (exact) mass is 600 g/mol. The van der Waals surface area contributed by atoms with Crippen LogP contribution in [0.4, 0.5) is 15.5 Å². The molecule has 5 atom stereocenters. The van der Waals surface area contributed by atoms with E-state index in [1.165, 1.54) is 0 Å². The zero-order valence-corrected chi connectivity index (χ0v) is 26.1. The molecule has 7 nitrogen and oxygen atoms in total. The van der Waals surface area contributed by atoms with Crippen molar-refractivity contribution in [3.05, 3.63) is 108 Å². The zero-order chi connectivity index (χ0) is 30.4. The van der Waals surface area contributed by atoms with Crippen molar-refractivity contribution in [1.82, 2.24) is 15.0 Å². The number of amides is 1. The summed E-state index contributed by atoms with van der Waals surface area (Å²) in [5.74, 6) is -0.122. The summed E-state index contributed by atoms with van der Waals surface area (Å²) in [7, 11) is -3.00. The first-order chi connectivity index (χ1) is 20.8. The molecule has 1 unspecified atom stereocenters. The maximum atomic E-state index is 15.7. The second-order valence-corrected chi connectivity index (χ2v) is 15.8. The number of ether oxygens (including phenoxy) is 1. The number of benzene rings is 3. The average Bonchev–Trinajstić information content (AvgIpc) is 3.61. The fourth-order valence-corrected chi connectivity index (χ4v) is 9.13. The van der Waals surface area contributed by atoms with Gasteiger partial charge in [-0.3, -0.25) is 14.4 Å². The number of aromatic nitrogens is 3. The molecule has 1 fully saturated rings. The molecule has 1 aliphatic heterocycles. The van der Waals surface area contributed by atoms with Crippen molar-refractivity contribution >= 4 is 26.2 Å². The number of aryl methyl sites for hydroxylation is 2. The molecule has 1 aliphatic rings. The van der Waals surface area contributed by atoms with Gasteiger partial charge in [0, 0.05) is 29.7 Å². The minimum Gasteiger partial charge on any atom is -0.395 e. The van der Waals surface area contributed by atoms with E-state index < -0.39 is 8.41 Å². The number of para-hydroxylation sites is 1. The number of halogens is 1. The lowest BCUT2D eigenvalue weighted by molar-refractivity contribution is -0.106. The molecule has 0 bridgehead atoms. The molecule has 43 heavy (non-hydrogen) atoms. The highest BCUT2D eigenvalue weighted by Gasteiger charge is 2.50. The smallest absolute Gasteiger partial charge is 0.246 e. The van der Waals surface area contributed by atoms with E-state index in [2.05, 4.69) is 29.4 Å². The van der Waals surface area contributed by atoms with Crippen LogP contribution >= 0.6 is 0 Å². The van der Waals surface area contributed by atoms with E-state index in [4.69, 9.17) is 4.74 Å². The van der Waals surface area contributed by atoms with E-state index >= 15 is 4.11 Å². The van der Waals surface area contributed by atoms with Gasteiger partial charge >= 0.3 is 0 Å². The Balaban J connectivity index is 1.21. The fourth-order valence-electron chi connectivity index (χ4n) is 6.54. The number of aliphatic hydroxyl groups is 1. The Hall–Kier alpha value is -3.66. The van der Waals surface area contributed by atoms with E-state index in [9.17, 15) is 9.90 Å². The van der Waals surface area contributed by atoms with Gasteiger partial charge < -0.3 is 14.0 Å². The third kappa shape index (κ3) is 7.29. The molecule has 9 heteroatoms. The summed E-state index contributed by atoms with van der Waals surface area (Å²) >= 11 is 0. The van der Waals surface area contributed by atoms with Crippen LogP contribution in [0.15, 0.2) is 91.1 Å². The van der Waals surface area contributed by atoms with Crippen molar-refractivity contribution in [2.24, 2.45) is 5.92 Å². The lowest BCUT2D eigenvalue weighted by Gasteiger charge is -2.28.